The molecule has 1 aliphatic heterocycles. The highest BCUT2D eigenvalue weighted by Gasteiger charge is 2.29. The van der Waals surface area contributed by atoms with E-state index >= 15 is 0 Å². The van der Waals surface area contributed by atoms with Gasteiger partial charge in [-0.2, -0.15) is 0 Å². The van der Waals surface area contributed by atoms with Gasteiger partial charge in [0, 0.05) is 9.80 Å². The number of benzene rings is 1. The zero-order chi connectivity index (χ0) is 14.2. The Balaban J connectivity index is 1.82. The van der Waals surface area contributed by atoms with Crippen molar-refractivity contribution in [2.75, 3.05) is 0 Å². The monoisotopic (exact) mass is 298 g/mol. The Hall–Kier alpha value is -2.41. The van der Waals surface area contributed by atoms with Crippen LogP contribution in [0.3, 0.4) is 0 Å². The topological polar surface area (TPSA) is 80.8 Å². The zero-order valence-corrected chi connectivity index (χ0v) is 11.7. The highest BCUT2D eigenvalue weighted by atomic mass is 32.2. The largest absolute Gasteiger partial charge is 0.421 e. The van der Waals surface area contributed by atoms with Gasteiger partial charge in [-0.25, -0.2) is 9.89 Å². The van der Waals surface area contributed by atoms with Crippen molar-refractivity contribution in [2.24, 2.45) is 0 Å². The number of ether oxygens (including phenoxy) is 1. The molecule has 0 radical (unpaired) electrons. The van der Waals surface area contributed by atoms with Crippen LogP contribution in [0, 0.1) is 0 Å². The SMILES string of the molecule is O=C1OC2=C(CCC=C2c2nnn[nH]2)Sc2ccccc21. The molecule has 7 heteroatoms. The Kier molecular flexibility index (Phi) is 2.85. The van der Waals surface area contributed by atoms with E-state index in [0.29, 0.717) is 17.1 Å². The van der Waals surface area contributed by atoms with Crippen molar-refractivity contribution in [3.8, 4) is 0 Å². The minimum atomic E-state index is -0.344. The maximum absolute atomic E-state index is 12.3. The van der Waals surface area contributed by atoms with Gasteiger partial charge in [0.2, 0.25) is 0 Å². The van der Waals surface area contributed by atoms with Crippen molar-refractivity contribution in [3.05, 3.63) is 52.4 Å². The number of carbonyl (C=O) groups is 1. The Labute approximate surface area is 124 Å². The number of allylic oxidation sites excluding steroid dienone is 3. The summed E-state index contributed by atoms with van der Waals surface area (Å²) in [4.78, 5) is 14.3. The number of aromatic amines is 1. The summed E-state index contributed by atoms with van der Waals surface area (Å²) in [5.74, 6) is 0.732. The smallest absolute Gasteiger partial charge is 0.344 e. The number of aromatic nitrogens is 4. The molecule has 0 bridgehead atoms. The molecule has 1 aromatic carbocycles. The molecule has 0 atom stereocenters. The third kappa shape index (κ3) is 2.06. The molecule has 21 heavy (non-hydrogen) atoms. The summed E-state index contributed by atoms with van der Waals surface area (Å²) in [5.41, 5.74) is 1.34. The summed E-state index contributed by atoms with van der Waals surface area (Å²) in [7, 11) is 0. The fourth-order valence-electron chi connectivity index (χ4n) is 2.40. The molecule has 2 aliphatic rings. The van der Waals surface area contributed by atoms with E-state index in [1.165, 1.54) is 0 Å². The van der Waals surface area contributed by atoms with Gasteiger partial charge in [0.05, 0.1) is 11.1 Å². The first-order valence-electron chi connectivity index (χ1n) is 6.50. The molecule has 104 valence electrons. The Bertz CT molecular complexity index is 780. The van der Waals surface area contributed by atoms with Crippen LogP contribution in [0.15, 0.2) is 45.9 Å². The standard InChI is InChI=1S/C14H10N4O2S/c19-14-8-4-1-2-6-10(8)21-11-7-3-5-9(12(11)20-14)13-15-17-18-16-13/h1-2,4-6H,3,7H2,(H,15,16,17,18). The van der Waals surface area contributed by atoms with Crippen LogP contribution in [0.25, 0.3) is 5.57 Å². The minimum absolute atomic E-state index is 0.344. The van der Waals surface area contributed by atoms with Crippen LogP contribution in [0.2, 0.25) is 0 Å². The Morgan fingerprint density at radius 1 is 1.29 bits per heavy atom. The van der Waals surface area contributed by atoms with E-state index in [1.807, 2.05) is 24.3 Å². The number of carbonyl (C=O) groups excluding carboxylic acids is 1. The lowest BCUT2D eigenvalue weighted by atomic mass is 10.0. The molecule has 0 saturated heterocycles. The maximum atomic E-state index is 12.3. The lowest BCUT2D eigenvalue weighted by molar-refractivity contribution is 0.0635. The van der Waals surface area contributed by atoms with E-state index < -0.39 is 0 Å². The highest BCUT2D eigenvalue weighted by Crippen LogP contribution is 2.44. The lowest BCUT2D eigenvalue weighted by Crippen LogP contribution is -2.09. The molecule has 1 N–H and O–H groups in total. The third-order valence-corrected chi connectivity index (χ3v) is 4.56. The van der Waals surface area contributed by atoms with E-state index in [1.54, 1.807) is 17.8 Å². The van der Waals surface area contributed by atoms with Gasteiger partial charge in [-0.3, -0.25) is 0 Å². The quantitative estimate of drug-likeness (QED) is 0.815. The first-order chi connectivity index (χ1) is 10.3. The molecule has 2 heterocycles. The van der Waals surface area contributed by atoms with Crippen molar-refractivity contribution in [1.82, 2.24) is 20.6 Å². The van der Waals surface area contributed by atoms with Gasteiger partial charge in [0.25, 0.3) is 0 Å². The third-order valence-electron chi connectivity index (χ3n) is 3.35. The van der Waals surface area contributed by atoms with E-state index in [0.717, 1.165) is 28.2 Å². The number of nitrogens with one attached hydrogen (secondary N) is 1. The summed E-state index contributed by atoms with van der Waals surface area (Å²) in [6.45, 7) is 0. The number of nitrogens with zero attached hydrogens (tertiary/aromatic N) is 3. The van der Waals surface area contributed by atoms with Crippen LogP contribution in [0.1, 0.15) is 29.0 Å². The number of tetrazole rings is 1. The number of hydrogen-bond donors (Lipinski definition) is 1. The number of rotatable bonds is 1. The Morgan fingerprint density at radius 3 is 3.05 bits per heavy atom. The van der Waals surface area contributed by atoms with Crippen molar-refractivity contribution < 1.29 is 9.53 Å². The van der Waals surface area contributed by atoms with E-state index in [4.69, 9.17) is 4.74 Å². The van der Waals surface area contributed by atoms with Gasteiger partial charge < -0.3 is 4.74 Å². The number of esters is 1. The summed E-state index contributed by atoms with van der Waals surface area (Å²) >= 11 is 1.58. The number of fused-ring (bicyclic) bond motifs is 1. The average Bonchev–Trinajstić information content (AvgIpc) is 2.98. The zero-order valence-electron chi connectivity index (χ0n) is 10.9. The summed E-state index contributed by atoms with van der Waals surface area (Å²) in [6, 6.07) is 7.47. The molecule has 1 aromatic heterocycles. The molecule has 4 rings (SSSR count). The second-order valence-electron chi connectivity index (χ2n) is 4.65. The minimum Gasteiger partial charge on any atom is -0.421 e. The average molecular weight is 298 g/mol. The Morgan fingerprint density at radius 2 is 2.19 bits per heavy atom. The number of hydrogen-bond acceptors (Lipinski definition) is 6. The molecular formula is C14H10N4O2S. The van der Waals surface area contributed by atoms with Crippen LogP contribution in [-0.2, 0) is 4.74 Å². The normalized spacial score (nSPS) is 17.5. The van der Waals surface area contributed by atoms with Gasteiger partial charge in [-0.1, -0.05) is 30.0 Å². The van der Waals surface area contributed by atoms with Crippen molar-refractivity contribution in [2.45, 2.75) is 17.7 Å². The molecular weight excluding hydrogens is 288 g/mol. The predicted molar refractivity (Wildman–Crippen MR) is 76.1 cm³/mol. The van der Waals surface area contributed by atoms with Crippen LogP contribution < -0.4 is 0 Å². The number of thioether (sulfide) groups is 1. The summed E-state index contributed by atoms with van der Waals surface area (Å²) < 4.78 is 5.61. The molecule has 0 amide bonds. The second-order valence-corrected chi connectivity index (χ2v) is 5.78. The van der Waals surface area contributed by atoms with Crippen molar-refractivity contribution in [3.63, 3.8) is 0 Å². The van der Waals surface area contributed by atoms with E-state index in [2.05, 4.69) is 20.6 Å². The molecule has 1 aliphatic carbocycles. The van der Waals surface area contributed by atoms with Gasteiger partial charge in [0.15, 0.2) is 11.6 Å². The molecule has 2 aromatic rings. The molecule has 0 saturated carbocycles. The molecule has 0 spiro atoms. The van der Waals surface area contributed by atoms with Gasteiger partial charge in [-0.15, -0.1) is 5.10 Å². The van der Waals surface area contributed by atoms with Crippen molar-refractivity contribution >= 4 is 23.3 Å². The first kappa shape index (κ1) is 12.3. The van der Waals surface area contributed by atoms with Gasteiger partial charge in [0.1, 0.15) is 0 Å². The maximum Gasteiger partial charge on any atom is 0.344 e. The molecule has 0 fully saturated rings. The van der Waals surface area contributed by atoms with Crippen LogP contribution in [0.5, 0.6) is 0 Å². The van der Waals surface area contributed by atoms with E-state index in [9.17, 15) is 4.79 Å². The van der Waals surface area contributed by atoms with Crippen LogP contribution in [-0.4, -0.2) is 26.6 Å². The number of H-pyrrole nitrogens is 1. The molecule has 0 unspecified atom stereocenters. The highest BCUT2D eigenvalue weighted by molar-refractivity contribution is 8.03. The fourth-order valence-corrected chi connectivity index (χ4v) is 3.53. The van der Waals surface area contributed by atoms with E-state index in [-0.39, 0.29) is 5.97 Å². The van der Waals surface area contributed by atoms with Crippen LogP contribution in [0.4, 0.5) is 0 Å². The predicted octanol–water partition coefficient (Wildman–Crippen LogP) is 2.55. The second kappa shape index (κ2) is 4.85. The molecule has 6 nitrogen and oxygen atoms in total. The van der Waals surface area contributed by atoms with Gasteiger partial charge >= 0.3 is 5.97 Å². The van der Waals surface area contributed by atoms with Gasteiger partial charge in [-0.05, 0) is 35.4 Å². The lowest BCUT2D eigenvalue weighted by Gasteiger charge is -2.16. The summed E-state index contributed by atoms with van der Waals surface area (Å²) in [5, 5.41) is 13.8. The fraction of sp³-hybridized carbons (Fsp3) is 0.143. The van der Waals surface area contributed by atoms with Crippen molar-refractivity contribution in [1.29, 1.82) is 0 Å². The van der Waals surface area contributed by atoms with Crippen LogP contribution >= 0.6 is 11.8 Å². The summed E-state index contributed by atoms with van der Waals surface area (Å²) in [6.07, 6.45) is 3.69. The first-order valence-corrected chi connectivity index (χ1v) is 7.31.